The van der Waals surface area contributed by atoms with E-state index >= 15 is 0 Å². The molecule has 152 valence electrons. The number of rotatable bonds is 18. The van der Waals surface area contributed by atoms with Crippen LogP contribution in [-0.4, -0.2) is 28.6 Å². The van der Waals surface area contributed by atoms with Crippen molar-refractivity contribution in [3.05, 3.63) is 24.2 Å². The van der Waals surface area contributed by atoms with Crippen LogP contribution in [0.5, 0.6) is 0 Å². The fraction of sp³-hybridized carbons (Fsp3) is 0.810. The molecule has 0 aliphatic rings. The zero-order chi connectivity index (χ0) is 18.9. The van der Waals surface area contributed by atoms with Gasteiger partial charge in [0.1, 0.15) is 5.76 Å². The van der Waals surface area contributed by atoms with Crippen LogP contribution < -0.4 is 0 Å². The summed E-state index contributed by atoms with van der Waals surface area (Å²) < 4.78 is 23.1. The number of hydrogen-bond donors (Lipinski definition) is 0. The van der Waals surface area contributed by atoms with Crippen molar-refractivity contribution in [2.45, 2.75) is 91.0 Å². The molecule has 0 amide bonds. The average molecular weight is 385 g/mol. The summed E-state index contributed by atoms with van der Waals surface area (Å²) in [5.41, 5.74) is 0. The monoisotopic (exact) mass is 384 g/mol. The van der Waals surface area contributed by atoms with E-state index in [0.29, 0.717) is 19.8 Å². The van der Waals surface area contributed by atoms with Crippen molar-refractivity contribution in [2.75, 3.05) is 19.8 Å². The number of hydrogen-bond acceptors (Lipinski definition) is 4. The van der Waals surface area contributed by atoms with Gasteiger partial charge in [0.05, 0.1) is 6.26 Å². The van der Waals surface area contributed by atoms with Gasteiger partial charge in [-0.05, 0) is 45.7 Å². The summed E-state index contributed by atoms with van der Waals surface area (Å²) in [6.45, 7) is 8.08. The molecule has 1 aromatic heterocycles. The summed E-state index contributed by atoms with van der Waals surface area (Å²) in [5, 5.41) is 0. The van der Waals surface area contributed by atoms with E-state index in [1.807, 2.05) is 26.8 Å². The molecule has 0 saturated heterocycles. The van der Waals surface area contributed by atoms with Crippen molar-refractivity contribution in [3.63, 3.8) is 0 Å². The molecule has 0 aliphatic carbocycles. The maximum absolute atomic E-state index is 5.91. The van der Waals surface area contributed by atoms with Gasteiger partial charge >= 0.3 is 8.80 Å². The molecule has 5 heteroatoms. The van der Waals surface area contributed by atoms with Crippen molar-refractivity contribution in [3.8, 4) is 0 Å². The third kappa shape index (κ3) is 10.5. The Balaban J connectivity index is 1.98. The first kappa shape index (κ1) is 23.4. The lowest BCUT2D eigenvalue weighted by atomic mass is 10.1. The van der Waals surface area contributed by atoms with Crippen LogP contribution in [0.25, 0.3) is 0 Å². The third-order valence-electron chi connectivity index (χ3n) is 4.58. The average Bonchev–Trinajstić information content (AvgIpc) is 3.14. The van der Waals surface area contributed by atoms with E-state index in [2.05, 4.69) is 6.07 Å². The van der Waals surface area contributed by atoms with Gasteiger partial charge in [-0.3, -0.25) is 0 Å². The molecule has 0 fully saturated rings. The molecular weight excluding hydrogens is 344 g/mol. The lowest BCUT2D eigenvalue weighted by Gasteiger charge is -2.28. The van der Waals surface area contributed by atoms with E-state index < -0.39 is 8.80 Å². The number of furan rings is 1. The Morgan fingerprint density at radius 3 is 1.69 bits per heavy atom. The zero-order valence-electron chi connectivity index (χ0n) is 17.3. The summed E-state index contributed by atoms with van der Waals surface area (Å²) in [6, 6.07) is 4.99. The molecule has 4 nitrogen and oxygen atoms in total. The summed E-state index contributed by atoms with van der Waals surface area (Å²) in [4.78, 5) is 0. The predicted molar refractivity (Wildman–Crippen MR) is 109 cm³/mol. The Kier molecular flexibility index (Phi) is 13.9. The highest BCUT2D eigenvalue weighted by Crippen LogP contribution is 2.21. The van der Waals surface area contributed by atoms with Gasteiger partial charge in [-0.25, -0.2) is 0 Å². The Morgan fingerprint density at radius 1 is 0.731 bits per heavy atom. The van der Waals surface area contributed by atoms with E-state index in [4.69, 9.17) is 17.7 Å². The molecule has 0 spiro atoms. The molecule has 0 aliphatic heterocycles. The van der Waals surface area contributed by atoms with Gasteiger partial charge < -0.3 is 17.7 Å². The summed E-state index contributed by atoms with van der Waals surface area (Å²) in [5.74, 6) is 1.12. The topological polar surface area (TPSA) is 40.8 Å². The van der Waals surface area contributed by atoms with Crippen molar-refractivity contribution in [1.82, 2.24) is 0 Å². The molecule has 1 aromatic rings. The van der Waals surface area contributed by atoms with Crippen LogP contribution in [0.3, 0.4) is 0 Å². The van der Waals surface area contributed by atoms with Gasteiger partial charge in [0.15, 0.2) is 0 Å². The largest absolute Gasteiger partial charge is 0.500 e. The Labute approximate surface area is 162 Å². The molecule has 0 bridgehead atoms. The van der Waals surface area contributed by atoms with Gasteiger partial charge in [-0.2, -0.15) is 0 Å². The highest BCUT2D eigenvalue weighted by atomic mass is 28.4. The first-order valence-corrected chi connectivity index (χ1v) is 12.6. The molecule has 0 aromatic carbocycles. The Bertz CT molecular complexity index is 391. The molecule has 0 unspecified atom stereocenters. The molecule has 0 atom stereocenters. The van der Waals surface area contributed by atoms with Gasteiger partial charge in [0.25, 0.3) is 0 Å². The molecule has 0 N–H and O–H groups in total. The van der Waals surface area contributed by atoms with Crippen LogP contribution in [0.2, 0.25) is 6.04 Å². The number of unbranched alkanes of at least 4 members (excludes halogenated alkanes) is 8. The normalized spacial score (nSPS) is 12.0. The summed E-state index contributed by atoms with van der Waals surface area (Å²) in [6.07, 6.45) is 14.5. The van der Waals surface area contributed by atoms with E-state index in [9.17, 15) is 0 Å². The van der Waals surface area contributed by atoms with Crippen molar-refractivity contribution >= 4 is 8.80 Å². The highest BCUT2D eigenvalue weighted by molar-refractivity contribution is 6.60. The molecule has 0 radical (unpaired) electrons. The zero-order valence-corrected chi connectivity index (χ0v) is 18.3. The summed E-state index contributed by atoms with van der Waals surface area (Å²) in [7, 11) is -2.42. The van der Waals surface area contributed by atoms with Gasteiger partial charge in [-0.1, -0.05) is 44.9 Å². The van der Waals surface area contributed by atoms with Crippen LogP contribution in [0.4, 0.5) is 0 Å². The van der Waals surface area contributed by atoms with Crippen LogP contribution in [0.1, 0.15) is 84.3 Å². The van der Waals surface area contributed by atoms with Crippen molar-refractivity contribution in [2.24, 2.45) is 0 Å². The summed E-state index contributed by atoms with van der Waals surface area (Å²) >= 11 is 0. The molecular formula is C21H40O4Si. The minimum absolute atomic E-state index is 0.673. The first-order valence-electron chi connectivity index (χ1n) is 10.7. The minimum atomic E-state index is -2.42. The van der Waals surface area contributed by atoms with Crippen LogP contribution >= 0.6 is 0 Å². The Hall–Kier alpha value is -0.623. The van der Waals surface area contributed by atoms with Crippen molar-refractivity contribution in [1.29, 1.82) is 0 Å². The minimum Gasteiger partial charge on any atom is -0.469 e. The second kappa shape index (κ2) is 15.4. The van der Waals surface area contributed by atoms with Gasteiger partial charge in [0.2, 0.25) is 0 Å². The van der Waals surface area contributed by atoms with Crippen molar-refractivity contribution < 1.29 is 17.7 Å². The highest BCUT2D eigenvalue weighted by Gasteiger charge is 2.39. The molecule has 26 heavy (non-hydrogen) atoms. The second-order valence-corrected chi connectivity index (χ2v) is 9.48. The molecule has 1 heterocycles. The first-order chi connectivity index (χ1) is 12.8. The molecule has 0 saturated carbocycles. The van der Waals surface area contributed by atoms with Crippen LogP contribution in [-0.2, 0) is 19.7 Å². The lowest BCUT2D eigenvalue weighted by molar-refractivity contribution is 0.0706. The second-order valence-electron chi connectivity index (χ2n) is 6.74. The quantitative estimate of drug-likeness (QED) is 0.217. The standard InChI is InChI=1S/C21H40O4Si/c1-4-23-26(24-5-2,25-6-3)20-15-13-11-9-7-8-10-12-14-17-21-18-16-19-22-21/h16,18-19H,4-15,17,20H2,1-3H3. The van der Waals surface area contributed by atoms with E-state index in [1.165, 1.54) is 51.4 Å². The Morgan fingerprint density at radius 2 is 1.23 bits per heavy atom. The SMILES string of the molecule is CCO[Si](CCCCCCCCCCCc1ccco1)(OCC)OCC. The van der Waals surface area contributed by atoms with E-state index in [-0.39, 0.29) is 0 Å². The lowest BCUT2D eigenvalue weighted by Crippen LogP contribution is -2.45. The van der Waals surface area contributed by atoms with Crippen LogP contribution in [0.15, 0.2) is 22.8 Å². The van der Waals surface area contributed by atoms with Gasteiger partial charge in [0, 0.05) is 32.3 Å². The fourth-order valence-corrected chi connectivity index (χ4v) is 6.02. The smallest absolute Gasteiger partial charge is 0.469 e. The van der Waals surface area contributed by atoms with E-state index in [1.54, 1.807) is 6.26 Å². The number of aryl methyl sites for hydroxylation is 1. The maximum Gasteiger partial charge on any atom is 0.500 e. The predicted octanol–water partition coefficient (Wildman–Crippen LogP) is 6.38. The molecule has 1 rings (SSSR count). The third-order valence-corrected chi connectivity index (χ3v) is 7.73. The van der Waals surface area contributed by atoms with Gasteiger partial charge in [-0.15, -0.1) is 0 Å². The maximum atomic E-state index is 5.91. The fourth-order valence-electron chi connectivity index (χ4n) is 3.33. The van der Waals surface area contributed by atoms with Crippen LogP contribution in [0, 0.1) is 0 Å². The van der Waals surface area contributed by atoms with E-state index in [0.717, 1.165) is 24.6 Å².